The van der Waals surface area contributed by atoms with Gasteiger partial charge in [0.15, 0.2) is 0 Å². The van der Waals surface area contributed by atoms with Crippen molar-refractivity contribution in [1.29, 1.82) is 0 Å². The lowest BCUT2D eigenvalue weighted by atomic mass is 10.1. The van der Waals surface area contributed by atoms with Crippen LogP contribution in [0, 0.1) is 13.8 Å². The van der Waals surface area contributed by atoms with Crippen molar-refractivity contribution >= 4 is 11.5 Å². The van der Waals surface area contributed by atoms with Crippen LogP contribution in [0.5, 0.6) is 0 Å². The Bertz CT molecular complexity index is 647. The van der Waals surface area contributed by atoms with Crippen molar-refractivity contribution in [2.45, 2.75) is 20.4 Å². The van der Waals surface area contributed by atoms with Gasteiger partial charge in [0.05, 0.1) is 0 Å². The van der Waals surface area contributed by atoms with Crippen molar-refractivity contribution in [3.8, 4) is 0 Å². The number of piperazine rings is 1. The Kier molecular flexibility index (Phi) is 4.24. The highest BCUT2D eigenvalue weighted by molar-refractivity contribution is 5.53. The summed E-state index contributed by atoms with van der Waals surface area (Å²) >= 11 is 0. The fraction of sp³-hybridized carbons (Fsp3) is 0.412. The molecule has 0 amide bonds. The van der Waals surface area contributed by atoms with Gasteiger partial charge in [-0.05, 0) is 25.5 Å². The summed E-state index contributed by atoms with van der Waals surface area (Å²) in [5.74, 6) is 1.33. The highest BCUT2D eigenvalue weighted by Gasteiger charge is 2.19. The summed E-state index contributed by atoms with van der Waals surface area (Å²) in [5, 5.41) is 0. The Hall–Kier alpha value is -2.14. The number of nitrogens with zero attached hydrogens (tertiary/aromatic N) is 4. The highest BCUT2D eigenvalue weighted by Crippen LogP contribution is 2.21. The van der Waals surface area contributed by atoms with Crippen LogP contribution in [-0.2, 0) is 6.54 Å². The van der Waals surface area contributed by atoms with Crippen LogP contribution >= 0.6 is 0 Å². The third kappa shape index (κ3) is 3.20. The molecule has 2 heterocycles. The van der Waals surface area contributed by atoms with Crippen molar-refractivity contribution in [2.24, 2.45) is 0 Å². The molecule has 5 nitrogen and oxygen atoms in total. The van der Waals surface area contributed by atoms with Gasteiger partial charge in [-0.3, -0.25) is 4.90 Å². The average molecular weight is 297 g/mol. The third-order valence-corrected chi connectivity index (χ3v) is 4.24. The number of aromatic nitrogens is 2. The van der Waals surface area contributed by atoms with E-state index in [0.29, 0.717) is 5.82 Å². The largest absolute Gasteiger partial charge is 0.383 e. The Labute approximate surface area is 131 Å². The molecule has 0 radical (unpaired) electrons. The van der Waals surface area contributed by atoms with Gasteiger partial charge < -0.3 is 10.6 Å². The molecule has 0 spiro atoms. The molecular formula is C17H23N5. The van der Waals surface area contributed by atoms with Gasteiger partial charge in [0.25, 0.3) is 0 Å². The molecule has 2 aromatic rings. The number of anilines is 2. The summed E-state index contributed by atoms with van der Waals surface area (Å²) in [7, 11) is 0. The minimum Gasteiger partial charge on any atom is -0.383 e. The lowest BCUT2D eigenvalue weighted by Crippen LogP contribution is -2.46. The molecule has 1 aromatic carbocycles. The summed E-state index contributed by atoms with van der Waals surface area (Å²) in [6, 6.07) is 8.58. The molecule has 0 aliphatic carbocycles. The Morgan fingerprint density at radius 3 is 2.50 bits per heavy atom. The van der Waals surface area contributed by atoms with E-state index in [4.69, 9.17) is 5.73 Å². The van der Waals surface area contributed by atoms with Gasteiger partial charge in [-0.25, -0.2) is 9.97 Å². The smallest absolute Gasteiger partial charge is 0.131 e. The fourth-order valence-corrected chi connectivity index (χ4v) is 2.94. The predicted molar refractivity (Wildman–Crippen MR) is 89.9 cm³/mol. The van der Waals surface area contributed by atoms with Gasteiger partial charge in [-0.1, -0.05) is 18.2 Å². The van der Waals surface area contributed by atoms with Crippen LogP contribution in [0.3, 0.4) is 0 Å². The number of rotatable bonds is 3. The van der Waals surface area contributed by atoms with Crippen molar-refractivity contribution in [3.63, 3.8) is 0 Å². The van der Waals surface area contributed by atoms with E-state index < -0.39 is 0 Å². The summed E-state index contributed by atoms with van der Waals surface area (Å²) in [6.07, 6.45) is 1.85. The Balaban J connectivity index is 1.61. The Morgan fingerprint density at radius 1 is 1.09 bits per heavy atom. The van der Waals surface area contributed by atoms with Crippen molar-refractivity contribution < 1.29 is 0 Å². The molecule has 22 heavy (non-hydrogen) atoms. The molecule has 2 N–H and O–H groups in total. The highest BCUT2D eigenvalue weighted by atomic mass is 15.3. The van der Waals surface area contributed by atoms with Gasteiger partial charge in [-0.2, -0.15) is 0 Å². The third-order valence-electron chi connectivity index (χ3n) is 4.24. The lowest BCUT2D eigenvalue weighted by Gasteiger charge is -2.36. The van der Waals surface area contributed by atoms with E-state index in [0.717, 1.165) is 44.1 Å². The van der Waals surface area contributed by atoms with Crippen LogP contribution in [0.4, 0.5) is 11.5 Å². The van der Waals surface area contributed by atoms with Crippen LogP contribution in [0.1, 0.15) is 17.0 Å². The summed E-state index contributed by atoms with van der Waals surface area (Å²) in [4.78, 5) is 13.4. The second-order valence-corrected chi connectivity index (χ2v) is 5.88. The quantitative estimate of drug-likeness (QED) is 0.939. The van der Waals surface area contributed by atoms with Crippen LogP contribution in [0.25, 0.3) is 0 Å². The summed E-state index contributed by atoms with van der Waals surface area (Å²) in [6.45, 7) is 9.00. The van der Waals surface area contributed by atoms with E-state index in [-0.39, 0.29) is 0 Å². The van der Waals surface area contributed by atoms with Gasteiger partial charge in [0.2, 0.25) is 0 Å². The molecule has 5 heteroatoms. The minimum atomic E-state index is 0.605. The zero-order chi connectivity index (χ0) is 15.5. The monoisotopic (exact) mass is 297 g/mol. The van der Waals surface area contributed by atoms with E-state index in [1.54, 1.807) is 0 Å². The maximum Gasteiger partial charge on any atom is 0.131 e. The number of hydrogen-bond acceptors (Lipinski definition) is 5. The van der Waals surface area contributed by atoms with Gasteiger partial charge >= 0.3 is 0 Å². The van der Waals surface area contributed by atoms with Gasteiger partial charge in [-0.15, -0.1) is 0 Å². The van der Waals surface area contributed by atoms with Gasteiger partial charge in [0.1, 0.15) is 11.6 Å². The van der Waals surface area contributed by atoms with E-state index in [1.165, 1.54) is 11.3 Å². The van der Waals surface area contributed by atoms with Crippen LogP contribution in [0.15, 0.2) is 30.5 Å². The van der Waals surface area contributed by atoms with E-state index in [1.807, 2.05) is 13.1 Å². The first-order valence-electron chi connectivity index (χ1n) is 7.74. The number of nitrogen functional groups attached to an aromatic ring is 1. The normalized spacial score (nSPS) is 16.0. The molecule has 116 valence electrons. The van der Waals surface area contributed by atoms with Gasteiger partial charge in [0, 0.05) is 50.2 Å². The van der Waals surface area contributed by atoms with Crippen LogP contribution in [-0.4, -0.2) is 41.0 Å². The SMILES string of the molecule is Cc1ncc(CN2CCN(c3ccccc3C)CC2)c(N)n1. The number of para-hydroxylation sites is 1. The van der Waals surface area contributed by atoms with Crippen molar-refractivity contribution in [3.05, 3.63) is 47.4 Å². The molecule has 1 aliphatic rings. The van der Waals surface area contributed by atoms with E-state index in [9.17, 15) is 0 Å². The minimum absolute atomic E-state index is 0.605. The number of benzene rings is 1. The number of hydrogen-bond donors (Lipinski definition) is 1. The predicted octanol–water partition coefficient (Wildman–Crippen LogP) is 2.00. The molecule has 0 atom stereocenters. The number of nitrogens with two attached hydrogens (primary N) is 1. The maximum absolute atomic E-state index is 5.99. The molecule has 0 unspecified atom stereocenters. The van der Waals surface area contributed by atoms with Crippen LogP contribution < -0.4 is 10.6 Å². The summed E-state index contributed by atoms with van der Waals surface area (Å²) in [5.41, 5.74) is 9.70. The molecule has 0 saturated carbocycles. The molecule has 1 aliphatic heterocycles. The first kappa shape index (κ1) is 14.8. The van der Waals surface area contributed by atoms with Crippen LogP contribution in [0.2, 0.25) is 0 Å². The molecule has 1 fully saturated rings. The van der Waals surface area contributed by atoms with Crippen molar-refractivity contribution in [1.82, 2.24) is 14.9 Å². The molecule has 1 saturated heterocycles. The standard InChI is InChI=1S/C17H23N5/c1-13-5-3-4-6-16(13)22-9-7-21(8-10-22)12-15-11-19-14(2)20-17(15)18/h3-6,11H,7-10,12H2,1-2H3,(H2,18,19,20). The first-order chi connectivity index (χ1) is 10.6. The van der Waals surface area contributed by atoms with E-state index in [2.05, 4.69) is 51.0 Å². The second-order valence-electron chi connectivity index (χ2n) is 5.88. The van der Waals surface area contributed by atoms with Crippen molar-refractivity contribution in [2.75, 3.05) is 36.8 Å². The summed E-state index contributed by atoms with van der Waals surface area (Å²) < 4.78 is 0. The molecule has 0 bridgehead atoms. The average Bonchev–Trinajstić information content (AvgIpc) is 2.51. The zero-order valence-corrected chi connectivity index (χ0v) is 13.3. The fourth-order valence-electron chi connectivity index (χ4n) is 2.94. The first-order valence-corrected chi connectivity index (χ1v) is 7.74. The topological polar surface area (TPSA) is 58.3 Å². The molecule has 1 aromatic heterocycles. The lowest BCUT2D eigenvalue weighted by molar-refractivity contribution is 0.249. The molecular weight excluding hydrogens is 274 g/mol. The molecule has 3 rings (SSSR count). The maximum atomic E-state index is 5.99. The second kappa shape index (κ2) is 6.32. The van der Waals surface area contributed by atoms with E-state index >= 15 is 0 Å². The Morgan fingerprint density at radius 2 is 1.82 bits per heavy atom. The number of aryl methyl sites for hydroxylation is 2. The zero-order valence-electron chi connectivity index (χ0n) is 13.3.